The number of carbonyl (C=O) groups is 1. The summed E-state index contributed by atoms with van der Waals surface area (Å²) >= 11 is 15.2. The first kappa shape index (κ1) is 13.6. The van der Waals surface area contributed by atoms with Crippen LogP contribution in [0.3, 0.4) is 0 Å². The molecule has 0 atom stereocenters. The van der Waals surface area contributed by atoms with Crippen LogP contribution >= 0.6 is 39.1 Å². The SMILES string of the molecule is Cc1ccc(C(=O)c2ccc(Cl)cc2Cl)cc1Br. The molecule has 0 bridgehead atoms. The van der Waals surface area contributed by atoms with Gasteiger partial charge < -0.3 is 0 Å². The first-order valence-corrected chi connectivity index (χ1v) is 6.80. The minimum absolute atomic E-state index is 0.114. The summed E-state index contributed by atoms with van der Waals surface area (Å²) in [7, 11) is 0. The number of hydrogen-bond donors (Lipinski definition) is 0. The average Bonchev–Trinajstić information content (AvgIpc) is 2.32. The van der Waals surface area contributed by atoms with Crippen molar-refractivity contribution in [3.05, 3.63) is 67.6 Å². The molecule has 0 radical (unpaired) electrons. The Balaban J connectivity index is 2.44. The third-order valence-corrected chi connectivity index (χ3v) is 4.01. The number of benzene rings is 2. The van der Waals surface area contributed by atoms with Crippen LogP contribution in [0.1, 0.15) is 21.5 Å². The predicted molar refractivity (Wildman–Crippen MR) is 78.8 cm³/mol. The molecular formula is C14H9BrCl2O. The molecule has 0 unspecified atom stereocenters. The largest absolute Gasteiger partial charge is 0.289 e. The van der Waals surface area contributed by atoms with Crippen LogP contribution < -0.4 is 0 Å². The molecule has 92 valence electrons. The number of hydrogen-bond acceptors (Lipinski definition) is 1. The average molecular weight is 344 g/mol. The first-order chi connectivity index (χ1) is 8.49. The Hall–Kier alpha value is -0.830. The maximum Gasteiger partial charge on any atom is 0.194 e. The minimum Gasteiger partial charge on any atom is -0.289 e. The lowest BCUT2D eigenvalue weighted by Crippen LogP contribution is -2.02. The highest BCUT2D eigenvalue weighted by atomic mass is 79.9. The van der Waals surface area contributed by atoms with E-state index in [9.17, 15) is 4.79 Å². The van der Waals surface area contributed by atoms with Crippen molar-refractivity contribution in [1.29, 1.82) is 0 Å². The van der Waals surface area contributed by atoms with Crippen molar-refractivity contribution in [3.63, 3.8) is 0 Å². The van der Waals surface area contributed by atoms with Gasteiger partial charge in [-0.2, -0.15) is 0 Å². The molecule has 0 N–H and O–H groups in total. The zero-order valence-electron chi connectivity index (χ0n) is 9.51. The fourth-order valence-electron chi connectivity index (χ4n) is 1.56. The second kappa shape index (κ2) is 5.43. The van der Waals surface area contributed by atoms with Gasteiger partial charge in [0.2, 0.25) is 0 Å². The lowest BCUT2D eigenvalue weighted by atomic mass is 10.0. The number of ketones is 1. The molecule has 0 aliphatic rings. The van der Waals surface area contributed by atoms with Crippen LogP contribution in [0.2, 0.25) is 10.0 Å². The predicted octanol–water partition coefficient (Wildman–Crippen LogP) is 5.30. The van der Waals surface area contributed by atoms with Gasteiger partial charge in [0, 0.05) is 20.6 Å². The molecule has 0 aromatic heterocycles. The van der Waals surface area contributed by atoms with Gasteiger partial charge in [-0.3, -0.25) is 4.79 Å². The summed E-state index contributed by atoms with van der Waals surface area (Å²) in [5.41, 5.74) is 2.13. The fraction of sp³-hybridized carbons (Fsp3) is 0.0714. The molecule has 18 heavy (non-hydrogen) atoms. The third kappa shape index (κ3) is 2.77. The standard InChI is InChI=1S/C14H9BrCl2O/c1-8-2-3-9(6-12(8)15)14(18)11-5-4-10(16)7-13(11)17/h2-7H,1H3. The molecule has 2 aromatic carbocycles. The van der Waals surface area contributed by atoms with E-state index in [2.05, 4.69) is 15.9 Å². The monoisotopic (exact) mass is 342 g/mol. The third-order valence-electron chi connectivity index (χ3n) is 2.61. The lowest BCUT2D eigenvalue weighted by molar-refractivity contribution is 0.103. The van der Waals surface area contributed by atoms with Gasteiger partial charge in [0.05, 0.1) is 5.02 Å². The van der Waals surface area contributed by atoms with Crippen LogP contribution in [0.15, 0.2) is 40.9 Å². The van der Waals surface area contributed by atoms with E-state index >= 15 is 0 Å². The molecule has 0 saturated heterocycles. The number of rotatable bonds is 2. The summed E-state index contributed by atoms with van der Waals surface area (Å²) in [6.07, 6.45) is 0. The van der Waals surface area contributed by atoms with Gasteiger partial charge in [0.25, 0.3) is 0 Å². The van der Waals surface area contributed by atoms with E-state index < -0.39 is 0 Å². The van der Waals surface area contributed by atoms with E-state index in [1.54, 1.807) is 30.3 Å². The molecule has 0 saturated carbocycles. The molecule has 1 nitrogen and oxygen atoms in total. The first-order valence-electron chi connectivity index (χ1n) is 5.25. The topological polar surface area (TPSA) is 17.1 Å². The zero-order chi connectivity index (χ0) is 13.3. The van der Waals surface area contributed by atoms with Crippen molar-refractivity contribution in [2.75, 3.05) is 0 Å². The van der Waals surface area contributed by atoms with Crippen LogP contribution in [-0.4, -0.2) is 5.78 Å². The van der Waals surface area contributed by atoms with Crippen molar-refractivity contribution in [2.45, 2.75) is 6.92 Å². The lowest BCUT2D eigenvalue weighted by Gasteiger charge is -2.06. The van der Waals surface area contributed by atoms with Gasteiger partial charge in [-0.25, -0.2) is 0 Å². The Labute approximate surface area is 124 Å². The van der Waals surface area contributed by atoms with Crippen LogP contribution in [-0.2, 0) is 0 Å². The Morgan fingerprint density at radius 3 is 2.44 bits per heavy atom. The van der Waals surface area contributed by atoms with Gasteiger partial charge in [-0.1, -0.05) is 51.3 Å². The molecule has 4 heteroatoms. The van der Waals surface area contributed by atoms with Crippen molar-refractivity contribution >= 4 is 44.9 Å². The molecule has 2 aromatic rings. The Morgan fingerprint density at radius 1 is 1.11 bits per heavy atom. The highest BCUT2D eigenvalue weighted by Gasteiger charge is 2.13. The smallest absolute Gasteiger partial charge is 0.194 e. The molecule has 0 amide bonds. The van der Waals surface area contributed by atoms with Crippen LogP contribution in [0.4, 0.5) is 0 Å². The Bertz CT molecular complexity index is 623. The van der Waals surface area contributed by atoms with E-state index in [0.29, 0.717) is 21.2 Å². The summed E-state index contributed by atoms with van der Waals surface area (Å²) in [6, 6.07) is 10.3. The summed E-state index contributed by atoms with van der Waals surface area (Å²) < 4.78 is 0.901. The maximum absolute atomic E-state index is 12.3. The maximum atomic E-state index is 12.3. The van der Waals surface area contributed by atoms with Crippen LogP contribution in [0.5, 0.6) is 0 Å². The van der Waals surface area contributed by atoms with Gasteiger partial charge >= 0.3 is 0 Å². The van der Waals surface area contributed by atoms with Crippen molar-refractivity contribution in [1.82, 2.24) is 0 Å². The Morgan fingerprint density at radius 2 is 1.83 bits per heavy atom. The molecule has 0 fully saturated rings. The molecule has 0 aliphatic heterocycles. The van der Waals surface area contributed by atoms with E-state index in [1.165, 1.54) is 0 Å². The van der Waals surface area contributed by atoms with Crippen molar-refractivity contribution < 1.29 is 4.79 Å². The van der Waals surface area contributed by atoms with Gasteiger partial charge in [-0.15, -0.1) is 0 Å². The quantitative estimate of drug-likeness (QED) is 0.676. The van der Waals surface area contributed by atoms with Crippen LogP contribution in [0, 0.1) is 6.92 Å². The minimum atomic E-state index is -0.114. The highest BCUT2D eigenvalue weighted by molar-refractivity contribution is 9.10. The number of aryl methyl sites for hydroxylation is 1. The van der Waals surface area contributed by atoms with Crippen LogP contribution in [0.25, 0.3) is 0 Å². The number of carbonyl (C=O) groups excluding carboxylic acids is 1. The van der Waals surface area contributed by atoms with Gasteiger partial charge in [-0.05, 0) is 36.8 Å². The second-order valence-corrected chi connectivity index (χ2v) is 5.62. The molecule has 0 spiro atoms. The van der Waals surface area contributed by atoms with Gasteiger partial charge in [0.1, 0.15) is 0 Å². The zero-order valence-corrected chi connectivity index (χ0v) is 12.6. The normalized spacial score (nSPS) is 10.4. The summed E-state index contributed by atoms with van der Waals surface area (Å²) in [5.74, 6) is -0.114. The highest BCUT2D eigenvalue weighted by Crippen LogP contribution is 2.25. The molecule has 0 heterocycles. The van der Waals surface area contributed by atoms with E-state index in [0.717, 1.165) is 10.0 Å². The van der Waals surface area contributed by atoms with E-state index in [-0.39, 0.29) is 5.78 Å². The van der Waals surface area contributed by atoms with Crippen molar-refractivity contribution in [2.24, 2.45) is 0 Å². The summed E-state index contributed by atoms with van der Waals surface area (Å²) in [5, 5.41) is 0.880. The van der Waals surface area contributed by atoms with Gasteiger partial charge in [0.15, 0.2) is 5.78 Å². The summed E-state index contributed by atoms with van der Waals surface area (Å²) in [4.78, 5) is 12.3. The Kier molecular flexibility index (Phi) is 4.10. The van der Waals surface area contributed by atoms with E-state index in [4.69, 9.17) is 23.2 Å². The molecular weight excluding hydrogens is 335 g/mol. The second-order valence-electron chi connectivity index (χ2n) is 3.92. The number of halogens is 3. The fourth-order valence-corrected chi connectivity index (χ4v) is 2.44. The summed E-state index contributed by atoms with van der Waals surface area (Å²) in [6.45, 7) is 1.97. The van der Waals surface area contributed by atoms with E-state index in [1.807, 2.05) is 13.0 Å². The molecule has 2 rings (SSSR count). The molecule has 0 aliphatic carbocycles. The van der Waals surface area contributed by atoms with Crippen molar-refractivity contribution in [3.8, 4) is 0 Å².